The van der Waals surface area contributed by atoms with E-state index in [9.17, 15) is 14.4 Å². The molecule has 9 heteroatoms. The second-order valence-electron chi connectivity index (χ2n) is 6.49. The number of nitrogens with one attached hydrogen (secondary N) is 1. The summed E-state index contributed by atoms with van der Waals surface area (Å²) in [5.41, 5.74) is 5.34. The van der Waals surface area contributed by atoms with Crippen LogP contribution in [0.4, 0.5) is 5.82 Å². The molecule has 0 aliphatic carbocycles. The van der Waals surface area contributed by atoms with Crippen LogP contribution in [0.25, 0.3) is 0 Å². The zero-order valence-electron chi connectivity index (χ0n) is 16.4. The van der Waals surface area contributed by atoms with Gasteiger partial charge in [0.2, 0.25) is 0 Å². The number of Topliss-reactive ketones (excluding diaryl/α,β-unsaturated/α-hetero) is 1. The zero-order chi connectivity index (χ0) is 20.7. The third-order valence-corrected chi connectivity index (χ3v) is 4.18. The molecule has 1 aromatic heterocycles. The van der Waals surface area contributed by atoms with Gasteiger partial charge in [-0.1, -0.05) is 12.1 Å². The van der Waals surface area contributed by atoms with E-state index in [0.29, 0.717) is 13.2 Å². The molecule has 152 valence electrons. The second kappa shape index (κ2) is 9.86. The van der Waals surface area contributed by atoms with Crippen molar-refractivity contribution in [1.82, 2.24) is 14.5 Å². The minimum atomic E-state index is -0.787. The molecule has 0 bridgehead atoms. The Balaban J connectivity index is 2.01. The number of carbonyl (C=O) groups excluding carboxylic acids is 1. The van der Waals surface area contributed by atoms with Crippen molar-refractivity contribution in [3.63, 3.8) is 0 Å². The number of ketones is 1. The molecule has 0 fully saturated rings. The van der Waals surface area contributed by atoms with E-state index in [-0.39, 0.29) is 31.1 Å². The van der Waals surface area contributed by atoms with E-state index < -0.39 is 17.0 Å². The van der Waals surface area contributed by atoms with Crippen molar-refractivity contribution in [2.45, 2.75) is 13.5 Å². The summed E-state index contributed by atoms with van der Waals surface area (Å²) < 4.78 is 11.7. The van der Waals surface area contributed by atoms with Crippen LogP contribution in [0.5, 0.6) is 5.75 Å². The van der Waals surface area contributed by atoms with Crippen LogP contribution in [-0.4, -0.2) is 60.7 Å². The van der Waals surface area contributed by atoms with Crippen LogP contribution < -0.4 is 21.7 Å². The lowest BCUT2D eigenvalue weighted by Crippen LogP contribution is -2.39. The Morgan fingerprint density at radius 1 is 1.29 bits per heavy atom. The average Bonchev–Trinajstić information content (AvgIpc) is 2.61. The quantitative estimate of drug-likeness (QED) is 0.559. The number of benzene rings is 1. The van der Waals surface area contributed by atoms with E-state index in [0.717, 1.165) is 15.9 Å². The first kappa shape index (κ1) is 21.4. The van der Waals surface area contributed by atoms with Gasteiger partial charge in [-0.05, 0) is 31.7 Å². The first-order valence-corrected chi connectivity index (χ1v) is 8.86. The summed E-state index contributed by atoms with van der Waals surface area (Å²) >= 11 is 0. The number of aromatic nitrogens is 2. The van der Waals surface area contributed by atoms with Crippen molar-refractivity contribution in [1.29, 1.82) is 0 Å². The molecular formula is C19H26N4O5. The smallest absolute Gasteiger partial charge is 0.330 e. The van der Waals surface area contributed by atoms with Gasteiger partial charge in [0, 0.05) is 13.7 Å². The highest BCUT2D eigenvalue weighted by Crippen LogP contribution is 2.12. The van der Waals surface area contributed by atoms with E-state index >= 15 is 0 Å². The largest absolute Gasteiger partial charge is 0.492 e. The molecule has 0 atom stereocenters. The molecule has 0 radical (unpaired) electrons. The van der Waals surface area contributed by atoms with Crippen molar-refractivity contribution in [2.24, 2.45) is 0 Å². The van der Waals surface area contributed by atoms with E-state index in [1.165, 1.54) is 7.11 Å². The fourth-order valence-corrected chi connectivity index (χ4v) is 2.69. The maximum Gasteiger partial charge on any atom is 0.330 e. The number of likely N-dealkylation sites (N-methyl/N-ethyl adjacent to an activating group) is 1. The number of rotatable bonds is 10. The highest BCUT2D eigenvalue weighted by molar-refractivity contribution is 6.01. The molecule has 0 aliphatic rings. The number of carbonyl (C=O) groups is 1. The monoisotopic (exact) mass is 390 g/mol. The van der Waals surface area contributed by atoms with E-state index in [1.807, 2.05) is 31.2 Å². The molecule has 2 rings (SSSR count). The first-order valence-electron chi connectivity index (χ1n) is 8.86. The third kappa shape index (κ3) is 5.54. The van der Waals surface area contributed by atoms with Gasteiger partial charge in [-0.2, -0.15) is 0 Å². The summed E-state index contributed by atoms with van der Waals surface area (Å²) in [6.45, 7) is 3.16. The Labute approximate surface area is 162 Å². The number of hydrogen-bond donors (Lipinski definition) is 2. The number of nitrogens with two attached hydrogens (primary N) is 1. The van der Waals surface area contributed by atoms with Crippen LogP contribution in [0.1, 0.15) is 15.9 Å². The van der Waals surface area contributed by atoms with Gasteiger partial charge in [0.1, 0.15) is 23.7 Å². The van der Waals surface area contributed by atoms with Crippen LogP contribution in [0.15, 0.2) is 33.9 Å². The highest BCUT2D eigenvalue weighted by atomic mass is 16.5. The summed E-state index contributed by atoms with van der Waals surface area (Å²) in [7, 11) is 3.22. The third-order valence-electron chi connectivity index (χ3n) is 4.18. The highest BCUT2D eigenvalue weighted by Gasteiger charge is 2.20. The Bertz CT molecular complexity index is 935. The Morgan fingerprint density at radius 2 is 2.04 bits per heavy atom. The molecule has 1 heterocycles. The Kier molecular flexibility index (Phi) is 7.53. The molecule has 2 aromatic rings. The summed E-state index contributed by atoms with van der Waals surface area (Å²) in [5, 5.41) is 0. The predicted molar refractivity (Wildman–Crippen MR) is 106 cm³/mol. The first-order chi connectivity index (χ1) is 13.3. The molecule has 0 amide bonds. The van der Waals surface area contributed by atoms with Crippen molar-refractivity contribution in [2.75, 3.05) is 46.2 Å². The van der Waals surface area contributed by atoms with Gasteiger partial charge in [0.25, 0.3) is 5.56 Å². The van der Waals surface area contributed by atoms with Gasteiger partial charge in [-0.25, -0.2) is 4.79 Å². The molecule has 1 aromatic carbocycles. The van der Waals surface area contributed by atoms with Crippen LogP contribution >= 0.6 is 0 Å². The van der Waals surface area contributed by atoms with E-state index in [1.54, 1.807) is 11.9 Å². The number of H-pyrrole nitrogens is 1. The van der Waals surface area contributed by atoms with Crippen LogP contribution in [0.3, 0.4) is 0 Å². The van der Waals surface area contributed by atoms with Crippen LogP contribution in [0.2, 0.25) is 0 Å². The van der Waals surface area contributed by atoms with Crippen molar-refractivity contribution in [3.8, 4) is 5.75 Å². The lowest BCUT2D eigenvalue weighted by atomic mass is 10.2. The number of ether oxygens (including phenoxy) is 2. The molecule has 28 heavy (non-hydrogen) atoms. The van der Waals surface area contributed by atoms with E-state index in [4.69, 9.17) is 15.2 Å². The molecule has 3 N–H and O–H groups in total. The average molecular weight is 390 g/mol. The minimum absolute atomic E-state index is 0.0348. The summed E-state index contributed by atoms with van der Waals surface area (Å²) in [6.07, 6.45) is 0. The molecular weight excluding hydrogens is 364 g/mol. The van der Waals surface area contributed by atoms with Gasteiger partial charge in [-0.15, -0.1) is 0 Å². The number of nitrogens with zero attached hydrogens (tertiary/aromatic N) is 2. The Hall–Kier alpha value is -2.91. The van der Waals surface area contributed by atoms with Gasteiger partial charge < -0.3 is 15.2 Å². The van der Waals surface area contributed by atoms with Gasteiger partial charge >= 0.3 is 5.69 Å². The molecule has 9 nitrogen and oxygen atoms in total. The molecule has 0 saturated carbocycles. The Morgan fingerprint density at radius 3 is 2.71 bits per heavy atom. The number of hydrogen-bond acceptors (Lipinski definition) is 7. The number of aryl methyl sites for hydroxylation is 1. The summed E-state index contributed by atoms with van der Waals surface area (Å²) in [6, 6.07) is 7.67. The van der Waals surface area contributed by atoms with Crippen molar-refractivity contribution in [3.05, 3.63) is 56.2 Å². The SMILES string of the molecule is COCCn1c(N)c(C(=O)CN(C)CCOc2cccc(C)c2)c(=O)[nH]c1=O. The minimum Gasteiger partial charge on any atom is -0.492 e. The molecule has 0 unspecified atom stereocenters. The predicted octanol–water partition coefficient (Wildman–Crippen LogP) is 0.267. The summed E-state index contributed by atoms with van der Waals surface area (Å²) in [4.78, 5) is 40.4. The van der Waals surface area contributed by atoms with Crippen LogP contribution in [0, 0.1) is 6.92 Å². The molecule has 0 spiro atoms. The number of nitrogen functional groups attached to an aromatic ring is 1. The lowest BCUT2D eigenvalue weighted by Gasteiger charge is -2.17. The standard InChI is InChI=1S/C19H26N4O5/c1-13-5-4-6-14(11-13)28-10-7-22(2)12-15(24)16-17(20)23(8-9-27-3)19(26)21-18(16)25/h4-6,11H,7-10,12,20H2,1-3H3,(H,21,25,26). The van der Waals surface area contributed by atoms with Crippen LogP contribution in [-0.2, 0) is 11.3 Å². The van der Waals surface area contributed by atoms with Gasteiger partial charge in [0.15, 0.2) is 5.78 Å². The lowest BCUT2D eigenvalue weighted by molar-refractivity contribution is 0.0936. The zero-order valence-corrected chi connectivity index (χ0v) is 16.4. The molecule has 0 aliphatic heterocycles. The van der Waals surface area contributed by atoms with Crippen molar-refractivity contribution >= 4 is 11.6 Å². The van der Waals surface area contributed by atoms with Gasteiger partial charge in [0.05, 0.1) is 19.7 Å². The number of anilines is 1. The maximum absolute atomic E-state index is 12.6. The van der Waals surface area contributed by atoms with E-state index in [2.05, 4.69) is 4.98 Å². The fraction of sp³-hybridized carbons (Fsp3) is 0.421. The number of aromatic amines is 1. The molecule has 0 saturated heterocycles. The number of methoxy groups -OCH3 is 1. The second-order valence-corrected chi connectivity index (χ2v) is 6.49. The topological polar surface area (TPSA) is 120 Å². The summed E-state index contributed by atoms with van der Waals surface area (Å²) in [5.74, 6) is 0.133. The maximum atomic E-state index is 12.6. The van der Waals surface area contributed by atoms with Gasteiger partial charge in [-0.3, -0.25) is 24.0 Å². The van der Waals surface area contributed by atoms with Crippen molar-refractivity contribution < 1.29 is 14.3 Å². The normalized spacial score (nSPS) is 11.0. The fourth-order valence-electron chi connectivity index (χ4n) is 2.69.